The summed E-state index contributed by atoms with van der Waals surface area (Å²) >= 11 is 0. The topological polar surface area (TPSA) is 17.1 Å². The van der Waals surface area contributed by atoms with E-state index in [4.69, 9.17) is 0 Å². The van der Waals surface area contributed by atoms with E-state index in [1.165, 1.54) is 12.8 Å². The maximum Gasteiger partial charge on any atom is 0.0806 e. The fourth-order valence-electron chi connectivity index (χ4n) is 2.60. The molecule has 0 radical (unpaired) electrons. The van der Waals surface area contributed by atoms with Crippen LogP contribution in [0, 0.1) is 23.7 Å². The van der Waals surface area contributed by atoms with Crippen LogP contribution in [-0.4, -0.2) is 15.7 Å². The number of rotatable bonds is 0. The smallest absolute Gasteiger partial charge is 0.0806 e. The standard InChI is InChI=1S/C10H18OS2/c1-7-3-9-5-12-13(11)6-10(9)4-8(7)2/h7-10H,3-6H2,1-2H3. The molecular formula is C10H18OS2. The molecule has 2 rings (SSSR count). The Morgan fingerprint density at radius 3 is 2.46 bits per heavy atom. The summed E-state index contributed by atoms with van der Waals surface area (Å²) in [6, 6.07) is 0. The van der Waals surface area contributed by atoms with Crippen LogP contribution in [0.2, 0.25) is 0 Å². The fraction of sp³-hybridized carbons (Fsp3) is 1.00. The Kier molecular flexibility index (Phi) is 3.04. The summed E-state index contributed by atoms with van der Waals surface area (Å²) in [5, 5.41) is 0. The van der Waals surface area contributed by atoms with Gasteiger partial charge in [0.15, 0.2) is 0 Å². The predicted octanol–water partition coefficient (Wildman–Crippen LogP) is 2.70. The Bertz CT molecular complexity index is 217. The summed E-state index contributed by atoms with van der Waals surface area (Å²) in [6.07, 6.45) is 2.69. The van der Waals surface area contributed by atoms with E-state index in [0.29, 0.717) is 0 Å². The van der Waals surface area contributed by atoms with E-state index < -0.39 is 9.83 Å². The lowest BCUT2D eigenvalue weighted by molar-refractivity contribution is 0.161. The Balaban J connectivity index is 2.02. The fourth-order valence-corrected chi connectivity index (χ4v) is 5.98. The molecule has 1 nitrogen and oxygen atoms in total. The third kappa shape index (κ3) is 2.12. The molecule has 2 aliphatic rings. The van der Waals surface area contributed by atoms with Gasteiger partial charge in [0.2, 0.25) is 0 Å². The number of hydrogen-bond donors (Lipinski definition) is 0. The summed E-state index contributed by atoms with van der Waals surface area (Å²) in [7, 11) is 1.11. The van der Waals surface area contributed by atoms with E-state index in [2.05, 4.69) is 13.8 Å². The first-order valence-corrected chi connectivity index (χ1v) is 8.00. The van der Waals surface area contributed by atoms with Crippen LogP contribution in [0.25, 0.3) is 0 Å². The molecule has 0 aromatic rings. The van der Waals surface area contributed by atoms with Crippen LogP contribution in [0.15, 0.2) is 0 Å². The van der Waals surface area contributed by atoms with Gasteiger partial charge in [-0.1, -0.05) is 24.6 Å². The molecule has 1 aliphatic carbocycles. The third-order valence-electron chi connectivity index (χ3n) is 3.75. The van der Waals surface area contributed by atoms with Gasteiger partial charge in [-0.25, -0.2) is 4.21 Å². The van der Waals surface area contributed by atoms with Crippen molar-refractivity contribution in [2.75, 3.05) is 11.5 Å². The summed E-state index contributed by atoms with van der Waals surface area (Å²) in [6.45, 7) is 4.72. The van der Waals surface area contributed by atoms with Gasteiger partial charge in [-0.2, -0.15) is 0 Å². The first-order valence-electron chi connectivity index (χ1n) is 5.18. The van der Waals surface area contributed by atoms with Gasteiger partial charge in [0.05, 0.1) is 9.83 Å². The number of fused-ring (bicyclic) bond motifs is 1. The van der Waals surface area contributed by atoms with Crippen molar-refractivity contribution in [2.24, 2.45) is 23.7 Å². The van der Waals surface area contributed by atoms with E-state index in [1.807, 2.05) is 0 Å². The zero-order valence-electron chi connectivity index (χ0n) is 8.36. The van der Waals surface area contributed by atoms with Crippen LogP contribution >= 0.6 is 10.8 Å². The van der Waals surface area contributed by atoms with Gasteiger partial charge in [0.1, 0.15) is 0 Å². The maximum absolute atomic E-state index is 11.4. The van der Waals surface area contributed by atoms with Gasteiger partial charge in [-0.3, -0.25) is 0 Å². The van der Waals surface area contributed by atoms with Crippen molar-refractivity contribution in [2.45, 2.75) is 26.7 Å². The first-order chi connectivity index (χ1) is 6.16. The van der Waals surface area contributed by atoms with E-state index >= 15 is 0 Å². The van der Waals surface area contributed by atoms with Crippen LogP contribution in [0.1, 0.15) is 26.7 Å². The van der Waals surface area contributed by atoms with Crippen molar-refractivity contribution in [3.05, 3.63) is 0 Å². The van der Waals surface area contributed by atoms with Gasteiger partial charge in [0, 0.05) is 11.5 Å². The average molecular weight is 218 g/mol. The second-order valence-electron chi connectivity index (χ2n) is 4.70. The number of hydrogen-bond acceptors (Lipinski definition) is 2. The van der Waals surface area contributed by atoms with Crippen LogP contribution < -0.4 is 0 Å². The molecule has 3 heteroatoms. The zero-order chi connectivity index (χ0) is 9.42. The molecule has 5 atom stereocenters. The van der Waals surface area contributed by atoms with Crippen LogP contribution in [0.3, 0.4) is 0 Å². The van der Waals surface area contributed by atoms with E-state index in [9.17, 15) is 4.21 Å². The molecule has 1 saturated heterocycles. The molecule has 76 valence electrons. The molecule has 0 aromatic heterocycles. The summed E-state index contributed by atoms with van der Waals surface area (Å²) in [5.41, 5.74) is 0. The minimum atomic E-state index is -0.568. The minimum absolute atomic E-state index is 0.568. The lowest BCUT2D eigenvalue weighted by Crippen LogP contribution is -2.36. The van der Waals surface area contributed by atoms with Crippen molar-refractivity contribution in [1.29, 1.82) is 0 Å². The van der Waals surface area contributed by atoms with Gasteiger partial charge >= 0.3 is 0 Å². The Hall–Kier alpha value is 0.500. The molecule has 13 heavy (non-hydrogen) atoms. The molecule has 1 aliphatic heterocycles. The zero-order valence-corrected chi connectivity index (χ0v) is 10.00. The van der Waals surface area contributed by atoms with Crippen LogP contribution in [-0.2, 0) is 9.83 Å². The van der Waals surface area contributed by atoms with E-state index in [0.717, 1.165) is 35.2 Å². The monoisotopic (exact) mass is 218 g/mol. The molecule has 0 amide bonds. The van der Waals surface area contributed by atoms with Gasteiger partial charge in [0.25, 0.3) is 0 Å². The van der Waals surface area contributed by atoms with Gasteiger partial charge in [-0.15, -0.1) is 0 Å². The average Bonchev–Trinajstić information content (AvgIpc) is 2.08. The molecule has 2 fully saturated rings. The highest BCUT2D eigenvalue weighted by Crippen LogP contribution is 2.43. The molecule has 5 unspecified atom stereocenters. The Labute approximate surface area is 86.9 Å². The highest BCUT2D eigenvalue weighted by Gasteiger charge is 2.36. The second-order valence-corrected chi connectivity index (χ2v) is 8.03. The highest BCUT2D eigenvalue weighted by molar-refractivity contribution is 8.69. The molecule has 0 aromatic carbocycles. The predicted molar refractivity (Wildman–Crippen MR) is 60.0 cm³/mol. The summed E-state index contributed by atoms with van der Waals surface area (Å²) in [5.74, 6) is 5.48. The SMILES string of the molecule is CC1CC2CSS(=O)CC2CC1C. The first kappa shape index (κ1) is 10.0. The van der Waals surface area contributed by atoms with Crippen LogP contribution in [0.4, 0.5) is 0 Å². The molecule has 0 bridgehead atoms. The molecule has 1 saturated carbocycles. The Morgan fingerprint density at radius 2 is 1.77 bits per heavy atom. The van der Waals surface area contributed by atoms with E-state index in [1.54, 1.807) is 10.8 Å². The summed E-state index contributed by atoms with van der Waals surface area (Å²) < 4.78 is 11.4. The van der Waals surface area contributed by atoms with Crippen molar-refractivity contribution in [3.8, 4) is 0 Å². The van der Waals surface area contributed by atoms with Gasteiger partial charge < -0.3 is 0 Å². The van der Waals surface area contributed by atoms with Crippen molar-refractivity contribution in [1.82, 2.24) is 0 Å². The molecule has 0 N–H and O–H groups in total. The molecule has 1 heterocycles. The summed E-state index contributed by atoms with van der Waals surface area (Å²) in [4.78, 5) is 0. The normalized spacial score (nSPS) is 51.4. The van der Waals surface area contributed by atoms with Crippen molar-refractivity contribution in [3.63, 3.8) is 0 Å². The van der Waals surface area contributed by atoms with Crippen LogP contribution in [0.5, 0.6) is 0 Å². The van der Waals surface area contributed by atoms with Gasteiger partial charge in [-0.05, 0) is 36.5 Å². The maximum atomic E-state index is 11.4. The third-order valence-corrected chi connectivity index (χ3v) is 6.88. The highest BCUT2D eigenvalue weighted by atomic mass is 33.1. The second kappa shape index (κ2) is 3.93. The van der Waals surface area contributed by atoms with Crippen molar-refractivity contribution < 1.29 is 4.21 Å². The van der Waals surface area contributed by atoms with Crippen molar-refractivity contribution >= 4 is 20.6 Å². The quantitative estimate of drug-likeness (QED) is 0.582. The largest absolute Gasteiger partial charge is 0.248 e. The molecule has 0 spiro atoms. The lowest BCUT2D eigenvalue weighted by atomic mass is 9.71. The lowest BCUT2D eigenvalue weighted by Gasteiger charge is -2.40. The minimum Gasteiger partial charge on any atom is -0.248 e. The Morgan fingerprint density at radius 1 is 1.15 bits per heavy atom. The molecular weight excluding hydrogens is 200 g/mol. The van der Waals surface area contributed by atoms with E-state index in [-0.39, 0.29) is 0 Å².